The molecule has 4 rings (SSSR count). The van der Waals surface area contributed by atoms with Crippen molar-refractivity contribution in [2.24, 2.45) is 5.92 Å². The number of benzene rings is 1. The zero-order chi connectivity index (χ0) is 18.0. The Labute approximate surface area is 146 Å². The smallest absolute Gasteiger partial charge is 0.315 e. The fraction of sp³-hybridized carbons (Fsp3) is 0.500. The lowest BCUT2D eigenvalue weighted by molar-refractivity contribution is -0.386. The van der Waals surface area contributed by atoms with E-state index in [0.717, 1.165) is 32.4 Å². The van der Waals surface area contributed by atoms with Gasteiger partial charge in [-0.25, -0.2) is 0 Å². The molecule has 7 nitrogen and oxygen atoms in total. The quantitative estimate of drug-likeness (QED) is 0.447. The molecule has 2 bridgehead atoms. The van der Waals surface area contributed by atoms with Crippen LogP contribution in [0.5, 0.6) is 11.5 Å². The Bertz CT molecular complexity index is 720. The van der Waals surface area contributed by atoms with E-state index in [2.05, 4.69) is 4.90 Å². The third kappa shape index (κ3) is 3.31. The van der Waals surface area contributed by atoms with Crippen molar-refractivity contribution in [1.29, 1.82) is 0 Å². The molecule has 0 aromatic heterocycles. The van der Waals surface area contributed by atoms with Crippen LogP contribution in [0.25, 0.3) is 6.08 Å². The Kier molecular flexibility index (Phi) is 4.92. The Morgan fingerprint density at radius 1 is 1.36 bits per heavy atom. The molecule has 0 atom stereocenters. The zero-order valence-corrected chi connectivity index (χ0v) is 14.5. The molecule has 3 aliphatic rings. The molecule has 0 spiro atoms. The number of hydrogen-bond donors (Lipinski definition) is 0. The summed E-state index contributed by atoms with van der Waals surface area (Å²) in [7, 11) is 1.45. The van der Waals surface area contributed by atoms with Gasteiger partial charge in [0.2, 0.25) is 5.75 Å². The normalized spacial score (nSPS) is 18.7. The van der Waals surface area contributed by atoms with Gasteiger partial charge in [-0.2, -0.15) is 0 Å². The molecule has 1 aromatic carbocycles. The molecule has 0 N–H and O–H groups in total. The standard InChI is InChI=1S/C18H22N2O5/c1-3-8-25-18-15(20(22)23)10-12(11-16(18)24-2)9-14-17(21)13-4-6-19(14)7-5-13/h9-11,13H,3-8H2,1-2H3/b14-9-. The number of carbonyl (C=O) groups excluding carboxylic acids is 1. The molecular weight excluding hydrogens is 324 g/mol. The number of nitro groups is 1. The predicted octanol–water partition coefficient (Wildman–Crippen LogP) is 3.03. The van der Waals surface area contributed by atoms with E-state index in [1.807, 2.05) is 6.92 Å². The fourth-order valence-corrected chi connectivity index (χ4v) is 3.40. The Morgan fingerprint density at radius 2 is 2.08 bits per heavy atom. The topological polar surface area (TPSA) is 81.9 Å². The molecule has 3 heterocycles. The molecular formula is C18H22N2O5. The van der Waals surface area contributed by atoms with Crippen molar-refractivity contribution in [3.8, 4) is 11.5 Å². The van der Waals surface area contributed by atoms with Crippen LogP contribution in [0.2, 0.25) is 0 Å². The highest BCUT2D eigenvalue weighted by Crippen LogP contribution is 2.40. The largest absolute Gasteiger partial charge is 0.493 e. The summed E-state index contributed by atoms with van der Waals surface area (Å²) in [5.41, 5.74) is 1.06. The second kappa shape index (κ2) is 7.13. The van der Waals surface area contributed by atoms with E-state index in [1.54, 1.807) is 12.1 Å². The van der Waals surface area contributed by atoms with Crippen molar-refractivity contribution >= 4 is 17.5 Å². The average molecular weight is 346 g/mol. The summed E-state index contributed by atoms with van der Waals surface area (Å²) in [5, 5.41) is 11.5. The number of methoxy groups -OCH3 is 1. The van der Waals surface area contributed by atoms with Gasteiger partial charge in [-0.05, 0) is 37.0 Å². The van der Waals surface area contributed by atoms with Crippen molar-refractivity contribution in [2.75, 3.05) is 26.8 Å². The predicted molar refractivity (Wildman–Crippen MR) is 92.7 cm³/mol. The molecule has 3 aliphatic heterocycles. The van der Waals surface area contributed by atoms with Gasteiger partial charge in [-0.15, -0.1) is 0 Å². The number of hydrogen-bond acceptors (Lipinski definition) is 6. The number of ketones is 1. The lowest BCUT2D eigenvalue weighted by Crippen LogP contribution is -2.45. The van der Waals surface area contributed by atoms with Crippen LogP contribution in [-0.2, 0) is 4.79 Å². The van der Waals surface area contributed by atoms with Crippen molar-refractivity contribution in [3.63, 3.8) is 0 Å². The number of nitro benzene ring substituents is 1. The molecule has 1 aromatic rings. The number of Topliss-reactive ketones (excluding diaryl/α,β-unsaturated/α-hetero) is 1. The molecule has 134 valence electrons. The average Bonchev–Trinajstić information content (AvgIpc) is 2.63. The number of piperidine rings is 3. The van der Waals surface area contributed by atoms with Gasteiger partial charge < -0.3 is 14.4 Å². The molecule has 3 saturated heterocycles. The molecule has 0 saturated carbocycles. The lowest BCUT2D eigenvalue weighted by atomic mass is 9.84. The highest BCUT2D eigenvalue weighted by molar-refractivity contribution is 6.02. The maximum atomic E-state index is 12.5. The van der Waals surface area contributed by atoms with Crippen LogP contribution in [0.4, 0.5) is 5.69 Å². The first-order chi connectivity index (χ1) is 12.0. The van der Waals surface area contributed by atoms with Gasteiger partial charge in [0.05, 0.1) is 24.3 Å². The van der Waals surface area contributed by atoms with Crippen molar-refractivity contribution in [2.45, 2.75) is 26.2 Å². The molecule has 3 fully saturated rings. The van der Waals surface area contributed by atoms with Gasteiger partial charge in [0.15, 0.2) is 11.5 Å². The summed E-state index contributed by atoms with van der Waals surface area (Å²) < 4.78 is 10.8. The lowest BCUT2D eigenvalue weighted by Gasteiger charge is -2.41. The minimum Gasteiger partial charge on any atom is -0.493 e. The number of ether oxygens (including phenoxy) is 2. The van der Waals surface area contributed by atoms with Gasteiger partial charge >= 0.3 is 5.69 Å². The van der Waals surface area contributed by atoms with Gasteiger partial charge in [-0.1, -0.05) is 6.92 Å². The summed E-state index contributed by atoms with van der Waals surface area (Å²) in [4.78, 5) is 25.5. The third-order valence-electron chi connectivity index (χ3n) is 4.69. The van der Waals surface area contributed by atoms with E-state index in [0.29, 0.717) is 23.6 Å². The first kappa shape index (κ1) is 17.3. The van der Waals surface area contributed by atoms with Crippen LogP contribution >= 0.6 is 0 Å². The van der Waals surface area contributed by atoms with Crippen LogP contribution in [0.3, 0.4) is 0 Å². The maximum Gasteiger partial charge on any atom is 0.315 e. The van der Waals surface area contributed by atoms with Crippen molar-refractivity contribution in [1.82, 2.24) is 4.90 Å². The minimum atomic E-state index is -0.481. The van der Waals surface area contributed by atoms with Gasteiger partial charge in [0.1, 0.15) is 0 Å². The fourth-order valence-electron chi connectivity index (χ4n) is 3.40. The van der Waals surface area contributed by atoms with Crippen LogP contribution in [0.1, 0.15) is 31.7 Å². The van der Waals surface area contributed by atoms with Gasteiger partial charge in [0, 0.05) is 25.1 Å². The SMILES string of the molecule is CCCOc1c(OC)cc(/C=C2/C(=O)C3CCN2CC3)cc1[N+](=O)[O-]. The summed E-state index contributed by atoms with van der Waals surface area (Å²) in [6, 6.07) is 3.12. The van der Waals surface area contributed by atoms with E-state index in [4.69, 9.17) is 9.47 Å². The monoisotopic (exact) mass is 346 g/mol. The van der Waals surface area contributed by atoms with E-state index in [9.17, 15) is 14.9 Å². The molecule has 25 heavy (non-hydrogen) atoms. The number of nitrogens with zero attached hydrogens (tertiary/aromatic N) is 2. The summed E-state index contributed by atoms with van der Waals surface area (Å²) >= 11 is 0. The zero-order valence-electron chi connectivity index (χ0n) is 14.5. The van der Waals surface area contributed by atoms with E-state index in [1.165, 1.54) is 13.2 Å². The Balaban J connectivity index is 2.02. The third-order valence-corrected chi connectivity index (χ3v) is 4.69. The minimum absolute atomic E-state index is 0.0836. The molecule has 0 unspecified atom stereocenters. The van der Waals surface area contributed by atoms with Crippen LogP contribution in [0.15, 0.2) is 17.8 Å². The number of allylic oxidation sites excluding steroid dienone is 1. The highest BCUT2D eigenvalue weighted by Gasteiger charge is 2.36. The second-order valence-corrected chi connectivity index (χ2v) is 6.33. The maximum absolute atomic E-state index is 12.5. The van der Waals surface area contributed by atoms with Crippen molar-refractivity contribution in [3.05, 3.63) is 33.5 Å². The van der Waals surface area contributed by atoms with Crippen LogP contribution < -0.4 is 9.47 Å². The first-order valence-corrected chi connectivity index (χ1v) is 8.55. The van der Waals surface area contributed by atoms with E-state index in [-0.39, 0.29) is 23.1 Å². The molecule has 0 aliphatic carbocycles. The molecule has 7 heteroatoms. The molecule has 0 radical (unpaired) electrons. The van der Waals surface area contributed by atoms with Crippen LogP contribution in [-0.4, -0.2) is 42.4 Å². The Hall–Kier alpha value is -2.57. The summed E-state index contributed by atoms with van der Waals surface area (Å²) in [6.45, 7) is 4.01. The Morgan fingerprint density at radius 3 is 2.64 bits per heavy atom. The summed E-state index contributed by atoms with van der Waals surface area (Å²) in [6.07, 6.45) is 4.25. The first-order valence-electron chi connectivity index (χ1n) is 8.55. The van der Waals surface area contributed by atoms with E-state index >= 15 is 0 Å². The van der Waals surface area contributed by atoms with Crippen LogP contribution in [0, 0.1) is 16.0 Å². The second-order valence-electron chi connectivity index (χ2n) is 6.33. The number of carbonyl (C=O) groups is 1. The van der Waals surface area contributed by atoms with Crippen molar-refractivity contribution < 1.29 is 19.2 Å². The molecule has 0 amide bonds. The number of rotatable bonds is 6. The van der Waals surface area contributed by atoms with Gasteiger partial charge in [-0.3, -0.25) is 14.9 Å². The number of fused-ring (bicyclic) bond motifs is 3. The highest BCUT2D eigenvalue weighted by atomic mass is 16.6. The van der Waals surface area contributed by atoms with Gasteiger partial charge in [0.25, 0.3) is 0 Å². The van der Waals surface area contributed by atoms with E-state index < -0.39 is 4.92 Å². The summed E-state index contributed by atoms with van der Waals surface area (Å²) in [5.74, 6) is 0.650.